The highest BCUT2D eigenvalue weighted by Crippen LogP contribution is 2.28. The summed E-state index contributed by atoms with van der Waals surface area (Å²) in [5.74, 6) is -0.182. The summed E-state index contributed by atoms with van der Waals surface area (Å²) >= 11 is 0. The monoisotopic (exact) mass is 668 g/mol. The van der Waals surface area contributed by atoms with E-state index in [0.29, 0.717) is 18.9 Å². The SMILES string of the molecule is CCCC(CCC)CC(=O)OCCCCCCCCCCCCCC(C(=O)O)C(CC)CCCC(O)CCCCN(CCC)CCC. The molecular weight excluding hydrogens is 586 g/mol. The lowest BCUT2D eigenvalue weighted by Crippen LogP contribution is -2.26. The van der Waals surface area contributed by atoms with Gasteiger partial charge in [0.2, 0.25) is 0 Å². The molecule has 0 rings (SSSR count). The van der Waals surface area contributed by atoms with Crippen LogP contribution in [0.3, 0.4) is 0 Å². The van der Waals surface area contributed by atoms with E-state index in [2.05, 4.69) is 39.5 Å². The third-order valence-corrected chi connectivity index (χ3v) is 10.1. The molecule has 0 radical (unpaired) electrons. The number of aliphatic hydroxyl groups excluding tert-OH is 1. The van der Waals surface area contributed by atoms with Crippen molar-refractivity contribution < 1.29 is 24.5 Å². The summed E-state index contributed by atoms with van der Waals surface area (Å²) in [4.78, 5) is 26.7. The Balaban J connectivity index is 3.89. The number of carbonyl (C=O) groups excluding carboxylic acids is 1. The minimum atomic E-state index is -0.633. The predicted molar refractivity (Wildman–Crippen MR) is 200 cm³/mol. The minimum absolute atomic E-state index is 0.00936. The van der Waals surface area contributed by atoms with E-state index in [4.69, 9.17) is 4.74 Å². The quantitative estimate of drug-likeness (QED) is 0.0511. The van der Waals surface area contributed by atoms with Crippen LogP contribution in [0.25, 0.3) is 0 Å². The van der Waals surface area contributed by atoms with E-state index in [9.17, 15) is 19.8 Å². The van der Waals surface area contributed by atoms with Crippen LogP contribution in [0.1, 0.15) is 202 Å². The van der Waals surface area contributed by atoms with Crippen LogP contribution in [-0.2, 0) is 14.3 Å². The fraction of sp³-hybridized carbons (Fsp3) is 0.951. The zero-order valence-corrected chi connectivity index (χ0v) is 32.1. The number of aliphatic hydroxyl groups is 1. The first-order valence-corrected chi connectivity index (χ1v) is 20.6. The van der Waals surface area contributed by atoms with Crippen molar-refractivity contribution in [1.29, 1.82) is 0 Å². The van der Waals surface area contributed by atoms with E-state index in [1.54, 1.807) is 0 Å². The topological polar surface area (TPSA) is 87.1 Å². The molecule has 0 aliphatic rings. The number of hydrogen-bond donors (Lipinski definition) is 2. The summed E-state index contributed by atoms with van der Waals surface area (Å²) in [5.41, 5.74) is 0. The molecule has 6 nitrogen and oxygen atoms in total. The first-order valence-electron chi connectivity index (χ1n) is 20.6. The Hall–Kier alpha value is -1.14. The first-order chi connectivity index (χ1) is 22.8. The van der Waals surface area contributed by atoms with Crippen molar-refractivity contribution in [2.75, 3.05) is 26.2 Å². The van der Waals surface area contributed by atoms with Gasteiger partial charge in [0.25, 0.3) is 0 Å². The normalized spacial score (nSPS) is 13.7. The molecule has 6 heteroatoms. The fourth-order valence-corrected chi connectivity index (χ4v) is 7.40. The molecule has 0 aromatic carbocycles. The van der Waals surface area contributed by atoms with Gasteiger partial charge in [-0.05, 0) is 89.3 Å². The van der Waals surface area contributed by atoms with Gasteiger partial charge in [-0.15, -0.1) is 0 Å². The Morgan fingerprint density at radius 3 is 1.60 bits per heavy atom. The van der Waals surface area contributed by atoms with Crippen LogP contribution >= 0.6 is 0 Å². The highest BCUT2D eigenvalue weighted by molar-refractivity contribution is 5.70. The van der Waals surface area contributed by atoms with Crippen molar-refractivity contribution >= 4 is 11.9 Å². The molecule has 0 bridgehead atoms. The molecule has 0 heterocycles. The zero-order valence-electron chi connectivity index (χ0n) is 32.1. The van der Waals surface area contributed by atoms with E-state index in [1.807, 2.05) is 0 Å². The summed E-state index contributed by atoms with van der Waals surface area (Å²) in [6.45, 7) is 15.0. The van der Waals surface area contributed by atoms with Gasteiger partial charge < -0.3 is 19.8 Å². The molecule has 3 unspecified atom stereocenters. The average molecular weight is 668 g/mol. The summed E-state index contributed by atoms with van der Waals surface area (Å²) < 4.78 is 5.48. The third kappa shape index (κ3) is 27.4. The Morgan fingerprint density at radius 1 is 0.574 bits per heavy atom. The molecule has 0 spiro atoms. The van der Waals surface area contributed by atoms with Gasteiger partial charge >= 0.3 is 11.9 Å². The van der Waals surface area contributed by atoms with Crippen LogP contribution in [0.5, 0.6) is 0 Å². The van der Waals surface area contributed by atoms with Crippen molar-refractivity contribution in [1.82, 2.24) is 4.90 Å². The molecule has 0 fully saturated rings. The molecule has 2 N–H and O–H groups in total. The van der Waals surface area contributed by atoms with Gasteiger partial charge in [0.05, 0.1) is 18.6 Å². The Morgan fingerprint density at radius 2 is 1.09 bits per heavy atom. The van der Waals surface area contributed by atoms with Gasteiger partial charge in [-0.1, -0.05) is 137 Å². The second-order valence-electron chi connectivity index (χ2n) is 14.6. The largest absolute Gasteiger partial charge is 0.481 e. The van der Waals surface area contributed by atoms with E-state index in [1.165, 1.54) is 70.9 Å². The van der Waals surface area contributed by atoms with Crippen LogP contribution in [-0.4, -0.2) is 59.4 Å². The van der Waals surface area contributed by atoms with Crippen LogP contribution in [0.15, 0.2) is 0 Å². The highest BCUT2D eigenvalue weighted by Gasteiger charge is 2.26. The van der Waals surface area contributed by atoms with Gasteiger partial charge in [0.1, 0.15) is 0 Å². The summed E-state index contributed by atoms with van der Waals surface area (Å²) in [7, 11) is 0. The fourth-order valence-electron chi connectivity index (χ4n) is 7.40. The average Bonchev–Trinajstić information content (AvgIpc) is 3.04. The smallest absolute Gasteiger partial charge is 0.306 e. The van der Waals surface area contributed by atoms with Crippen LogP contribution in [0.4, 0.5) is 0 Å². The predicted octanol–water partition coefficient (Wildman–Crippen LogP) is 11.4. The lowest BCUT2D eigenvalue weighted by molar-refractivity contribution is -0.145. The number of nitrogens with zero attached hydrogens (tertiary/aromatic N) is 1. The van der Waals surface area contributed by atoms with Crippen molar-refractivity contribution in [3.8, 4) is 0 Å². The molecule has 47 heavy (non-hydrogen) atoms. The van der Waals surface area contributed by atoms with Gasteiger partial charge in [-0.2, -0.15) is 0 Å². The van der Waals surface area contributed by atoms with Gasteiger partial charge in [0.15, 0.2) is 0 Å². The Kier molecular flexibility index (Phi) is 32.6. The molecule has 0 aromatic heterocycles. The van der Waals surface area contributed by atoms with Crippen molar-refractivity contribution in [3.05, 3.63) is 0 Å². The summed E-state index contributed by atoms with van der Waals surface area (Å²) in [5, 5.41) is 20.5. The molecule has 0 aliphatic heterocycles. The Labute approximate surface area is 292 Å². The molecule has 280 valence electrons. The van der Waals surface area contributed by atoms with Crippen LogP contribution in [0, 0.1) is 17.8 Å². The number of carbonyl (C=O) groups is 2. The first kappa shape index (κ1) is 45.9. The maximum atomic E-state index is 12.1. The number of hydrogen-bond acceptors (Lipinski definition) is 5. The van der Waals surface area contributed by atoms with E-state index < -0.39 is 5.97 Å². The van der Waals surface area contributed by atoms with E-state index in [0.717, 1.165) is 109 Å². The lowest BCUT2D eigenvalue weighted by atomic mass is 9.82. The van der Waals surface area contributed by atoms with E-state index >= 15 is 0 Å². The van der Waals surface area contributed by atoms with Crippen LogP contribution < -0.4 is 0 Å². The highest BCUT2D eigenvalue weighted by atomic mass is 16.5. The van der Waals surface area contributed by atoms with Crippen molar-refractivity contribution in [3.63, 3.8) is 0 Å². The summed E-state index contributed by atoms with van der Waals surface area (Å²) in [6.07, 6.45) is 27.7. The lowest BCUT2D eigenvalue weighted by Gasteiger charge is -2.23. The van der Waals surface area contributed by atoms with Gasteiger partial charge in [-0.25, -0.2) is 0 Å². The second-order valence-corrected chi connectivity index (χ2v) is 14.6. The number of unbranched alkanes of at least 4 members (excludes halogenated alkanes) is 11. The van der Waals surface area contributed by atoms with Crippen molar-refractivity contribution in [2.24, 2.45) is 17.8 Å². The number of rotatable bonds is 36. The number of aliphatic carboxylic acids is 1. The molecule has 3 atom stereocenters. The zero-order chi connectivity index (χ0) is 35.0. The maximum Gasteiger partial charge on any atom is 0.306 e. The minimum Gasteiger partial charge on any atom is -0.481 e. The molecule has 0 amide bonds. The number of carboxylic acid groups (broad SMARTS) is 1. The maximum absolute atomic E-state index is 12.1. The van der Waals surface area contributed by atoms with Gasteiger partial charge in [-0.3, -0.25) is 9.59 Å². The summed E-state index contributed by atoms with van der Waals surface area (Å²) in [6, 6.07) is 0. The number of ether oxygens (including phenoxy) is 1. The third-order valence-electron chi connectivity index (χ3n) is 10.1. The number of esters is 1. The van der Waals surface area contributed by atoms with Crippen LogP contribution in [0.2, 0.25) is 0 Å². The standard InChI is InChI=1S/C41H81NO5/c1-6-25-36(26-7-2)35-40(44)47-34-23-19-17-15-13-11-12-14-16-18-20-30-39(41(45)46)37(10-5)27-24-29-38(43)28-21-22-33-42(31-8-3)32-9-4/h36-39,43H,6-35H2,1-5H3,(H,45,46). The van der Waals surface area contributed by atoms with E-state index in [-0.39, 0.29) is 23.9 Å². The molecular formula is C41H81NO5. The second kappa shape index (κ2) is 33.4. The molecule has 0 saturated heterocycles. The molecule has 0 saturated carbocycles. The number of carboxylic acids is 1. The molecule has 0 aromatic rings. The van der Waals surface area contributed by atoms with Crippen molar-refractivity contribution in [2.45, 2.75) is 208 Å². The molecule has 0 aliphatic carbocycles. The van der Waals surface area contributed by atoms with Gasteiger partial charge in [0, 0.05) is 6.42 Å². The Bertz CT molecular complexity index is 689.